The second-order valence-corrected chi connectivity index (χ2v) is 5.78. The minimum atomic E-state index is -1.61. The van der Waals surface area contributed by atoms with Crippen LogP contribution < -0.4 is 9.64 Å². The Hall–Kier alpha value is -3.18. The molecule has 4 rings (SSSR count). The van der Waals surface area contributed by atoms with Gasteiger partial charge in [-0.05, 0) is 36.4 Å². The highest BCUT2D eigenvalue weighted by Crippen LogP contribution is 2.44. The van der Waals surface area contributed by atoms with Crippen molar-refractivity contribution < 1.29 is 14.6 Å². The minimum absolute atomic E-state index is 0.254. The molecule has 0 spiro atoms. The number of rotatable bonds is 3. The van der Waals surface area contributed by atoms with E-state index in [9.17, 15) is 9.90 Å². The lowest BCUT2D eigenvalue weighted by Crippen LogP contribution is -2.45. The predicted octanol–water partition coefficient (Wildman–Crippen LogP) is 2.94. The molecule has 3 aromatic rings. The summed E-state index contributed by atoms with van der Waals surface area (Å²) in [5.74, 6) is 0.335. The van der Waals surface area contributed by atoms with Crippen molar-refractivity contribution in [1.29, 1.82) is 0 Å². The van der Waals surface area contributed by atoms with Crippen LogP contribution in [0.5, 0.6) is 5.75 Å². The van der Waals surface area contributed by atoms with E-state index in [1.54, 1.807) is 61.8 Å². The number of carbonyl (C=O) groups excluding carboxylic acids is 1. The van der Waals surface area contributed by atoms with Crippen molar-refractivity contribution >= 4 is 11.6 Å². The summed E-state index contributed by atoms with van der Waals surface area (Å²) in [6.45, 7) is 0. The zero-order chi connectivity index (χ0) is 17.4. The Morgan fingerprint density at radius 3 is 2.40 bits per heavy atom. The fourth-order valence-electron chi connectivity index (χ4n) is 3.22. The number of hydrogen-bond donors (Lipinski definition) is 1. The largest absolute Gasteiger partial charge is 0.497 e. The molecule has 1 N–H and O–H groups in total. The van der Waals surface area contributed by atoms with E-state index in [2.05, 4.69) is 4.98 Å². The second-order valence-electron chi connectivity index (χ2n) is 5.78. The van der Waals surface area contributed by atoms with Gasteiger partial charge in [-0.1, -0.05) is 30.3 Å². The summed E-state index contributed by atoms with van der Waals surface area (Å²) >= 11 is 0. The Morgan fingerprint density at radius 2 is 1.72 bits per heavy atom. The minimum Gasteiger partial charge on any atom is -0.497 e. The van der Waals surface area contributed by atoms with Gasteiger partial charge in [0.15, 0.2) is 5.72 Å². The van der Waals surface area contributed by atoms with Crippen LogP contribution in [0.4, 0.5) is 5.69 Å². The van der Waals surface area contributed by atoms with Gasteiger partial charge in [-0.3, -0.25) is 14.7 Å². The van der Waals surface area contributed by atoms with E-state index < -0.39 is 5.72 Å². The number of carbonyl (C=O) groups is 1. The summed E-state index contributed by atoms with van der Waals surface area (Å²) in [7, 11) is 1.58. The standard InChI is InChI=1S/C20H16N2O3/c1-25-16-11-9-15(10-12-16)22-19(23)18-17(8-5-13-21-18)20(22,24)14-6-3-2-4-7-14/h2-13,24H,1H3. The van der Waals surface area contributed by atoms with Gasteiger partial charge >= 0.3 is 0 Å². The van der Waals surface area contributed by atoms with E-state index in [4.69, 9.17) is 4.74 Å². The topological polar surface area (TPSA) is 62.7 Å². The summed E-state index contributed by atoms with van der Waals surface area (Å²) in [4.78, 5) is 18.6. The normalized spacial score (nSPS) is 19.0. The first kappa shape index (κ1) is 15.4. The van der Waals surface area contributed by atoms with Crippen molar-refractivity contribution in [3.05, 3.63) is 89.7 Å². The lowest BCUT2D eigenvalue weighted by Gasteiger charge is -2.34. The lowest BCUT2D eigenvalue weighted by molar-refractivity contribution is 0.0703. The van der Waals surface area contributed by atoms with Gasteiger partial charge in [-0.25, -0.2) is 0 Å². The monoisotopic (exact) mass is 332 g/mol. The quantitative estimate of drug-likeness (QED) is 0.801. The molecule has 5 heteroatoms. The van der Waals surface area contributed by atoms with Gasteiger partial charge in [0.2, 0.25) is 0 Å². The van der Waals surface area contributed by atoms with Crippen LogP contribution in [0.15, 0.2) is 72.9 Å². The highest BCUT2D eigenvalue weighted by Gasteiger charge is 2.51. The van der Waals surface area contributed by atoms with Crippen molar-refractivity contribution in [3.63, 3.8) is 0 Å². The van der Waals surface area contributed by atoms with Gasteiger partial charge in [0.25, 0.3) is 5.91 Å². The van der Waals surface area contributed by atoms with Gasteiger partial charge in [-0.15, -0.1) is 0 Å². The van der Waals surface area contributed by atoms with Crippen LogP contribution in [-0.4, -0.2) is 23.1 Å². The van der Waals surface area contributed by atoms with Gasteiger partial charge in [0.05, 0.1) is 7.11 Å². The number of benzene rings is 2. The van der Waals surface area contributed by atoms with E-state index in [0.29, 0.717) is 22.6 Å². The molecule has 1 atom stereocenters. The molecule has 1 aliphatic heterocycles. The number of pyridine rings is 1. The number of fused-ring (bicyclic) bond motifs is 1. The average Bonchev–Trinajstić information content (AvgIpc) is 2.91. The van der Waals surface area contributed by atoms with Crippen LogP contribution in [0.3, 0.4) is 0 Å². The maximum absolute atomic E-state index is 13.0. The molecule has 1 aliphatic rings. The molecule has 1 amide bonds. The molecule has 1 aromatic heterocycles. The van der Waals surface area contributed by atoms with E-state index in [-0.39, 0.29) is 11.6 Å². The van der Waals surface area contributed by atoms with E-state index in [1.807, 2.05) is 18.2 Å². The summed E-state index contributed by atoms with van der Waals surface area (Å²) < 4.78 is 5.18. The first-order valence-corrected chi connectivity index (χ1v) is 7.88. The molecule has 0 fully saturated rings. The molecule has 124 valence electrons. The fraction of sp³-hybridized carbons (Fsp3) is 0.100. The van der Waals surface area contributed by atoms with Crippen LogP contribution in [0.25, 0.3) is 0 Å². The molecule has 1 unspecified atom stereocenters. The molecule has 0 saturated carbocycles. The Balaban J connectivity index is 1.94. The number of hydrogen-bond acceptors (Lipinski definition) is 4. The van der Waals surface area contributed by atoms with E-state index in [1.165, 1.54) is 4.90 Å². The average molecular weight is 332 g/mol. The zero-order valence-electron chi connectivity index (χ0n) is 13.6. The molecule has 0 saturated heterocycles. The van der Waals surface area contributed by atoms with Gasteiger partial charge < -0.3 is 9.84 Å². The number of amides is 1. The molecule has 0 bridgehead atoms. The van der Waals surface area contributed by atoms with Gasteiger partial charge in [0, 0.05) is 23.0 Å². The smallest absolute Gasteiger partial charge is 0.280 e. The van der Waals surface area contributed by atoms with Crippen molar-refractivity contribution in [3.8, 4) is 5.75 Å². The fourth-order valence-corrected chi connectivity index (χ4v) is 3.22. The number of anilines is 1. The van der Waals surface area contributed by atoms with Crippen molar-refractivity contribution in [1.82, 2.24) is 4.98 Å². The summed E-state index contributed by atoms with van der Waals surface area (Å²) in [6.07, 6.45) is 1.56. The van der Waals surface area contributed by atoms with Crippen LogP contribution in [0, 0.1) is 0 Å². The molecule has 25 heavy (non-hydrogen) atoms. The van der Waals surface area contributed by atoms with Crippen molar-refractivity contribution in [2.24, 2.45) is 0 Å². The molecule has 2 aromatic carbocycles. The Kier molecular flexibility index (Phi) is 3.51. The molecular formula is C20H16N2O3. The first-order valence-electron chi connectivity index (χ1n) is 7.88. The molecule has 0 radical (unpaired) electrons. The summed E-state index contributed by atoms with van der Waals surface area (Å²) in [5.41, 5.74) is 0.282. The lowest BCUT2D eigenvalue weighted by atomic mass is 9.95. The van der Waals surface area contributed by atoms with Gasteiger partial charge in [0.1, 0.15) is 11.4 Å². The highest BCUT2D eigenvalue weighted by atomic mass is 16.5. The third-order valence-corrected chi connectivity index (χ3v) is 4.42. The Morgan fingerprint density at radius 1 is 1.00 bits per heavy atom. The van der Waals surface area contributed by atoms with Crippen molar-refractivity contribution in [2.45, 2.75) is 5.72 Å². The Labute approximate surface area is 145 Å². The summed E-state index contributed by atoms with van der Waals surface area (Å²) in [6, 6.07) is 19.6. The number of ether oxygens (including phenoxy) is 1. The van der Waals surface area contributed by atoms with Crippen LogP contribution in [0.1, 0.15) is 21.6 Å². The van der Waals surface area contributed by atoms with E-state index in [0.717, 1.165) is 0 Å². The number of aromatic nitrogens is 1. The zero-order valence-corrected chi connectivity index (χ0v) is 13.6. The SMILES string of the molecule is COc1ccc(N2C(=O)c3ncccc3C2(O)c2ccccc2)cc1. The van der Waals surface area contributed by atoms with Crippen LogP contribution >= 0.6 is 0 Å². The highest BCUT2D eigenvalue weighted by molar-refractivity contribution is 6.11. The van der Waals surface area contributed by atoms with Crippen molar-refractivity contribution in [2.75, 3.05) is 12.0 Å². The number of aliphatic hydroxyl groups is 1. The predicted molar refractivity (Wildman–Crippen MR) is 93.5 cm³/mol. The third-order valence-electron chi connectivity index (χ3n) is 4.42. The molecule has 2 heterocycles. The maximum atomic E-state index is 13.0. The summed E-state index contributed by atoms with van der Waals surface area (Å²) in [5, 5.41) is 11.7. The van der Waals surface area contributed by atoms with Crippen LogP contribution in [-0.2, 0) is 5.72 Å². The number of methoxy groups -OCH3 is 1. The molecule has 0 aliphatic carbocycles. The Bertz CT molecular complexity index is 925. The van der Waals surface area contributed by atoms with Gasteiger partial charge in [-0.2, -0.15) is 0 Å². The first-order chi connectivity index (χ1) is 12.2. The molecular weight excluding hydrogens is 316 g/mol. The maximum Gasteiger partial charge on any atom is 0.280 e. The second kappa shape index (κ2) is 5.72. The van der Waals surface area contributed by atoms with Crippen LogP contribution in [0.2, 0.25) is 0 Å². The third kappa shape index (κ3) is 2.21. The number of nitrogens with zero attached hydrogens (tertiary/aromatic N) is 2. The van der Waals surface area contributed by atoms with E-state index >= 15 is 0 Å². The molecule has 5 nitrogen and oxygen atoms in total.